The van der Waals surface area contributed by atoms with Crippen LogP contribution in [-0.2, 0) is 9.47 Å². The van der Waals surface area contributed by atoms with Gasteiger partial charge in [0.25, 0.3) is 0 Å². The predicted octanol–water partition coefficient (Wildman–Crippen LogP) is 1.59. The third-order valence-corrected chi connectivity index (χ3v) is 1.99. The summed E-state index contributed by atoms with van der Waals surface area (Å²) in [5, 5.41) is 0. The molecule has 1 unspecified atom stereocenters. The molecule has 1 aliphatic heterocycles. The van der Waals surface area contributed by atoms with Gasteiger partial charge in [-0.25, -0.2) is 0 Å². The van der Waals surface area contributed by atoms with Crippen LogP contribution in [0.5, 0.6) is 0 Å². The molecule has 0 bridgehead atoms. The van der Waals surface area contributed by atoms with Gasteiger partial charge < -0.3 is 9.47 Å². The number of rotatable bonds is 1. The second kappa shape index (κ2) is 3.35. The molecule has 1 aliphatic rings. The first-order valence-corrected chi connectivity index (χ1v) is 3.90. The fourth-order valence-corrected chi connectivity index (χ4v) is 1.54. The van der Waals surface area contributed by atoms with Crippen LogP contribution in [0.1, 0.15) is 26.7 Å². The topological polar surface area (TPSA) is 18.5 Å². The largest absolute Gasteiger partial charge is 0.381 e. The Morgan fingerprint density at radius 2 is 1.70 bits per heavy atom. The maximum absolute atomic E-state index is 5.54. The van der Waals surface area contributed by atoms with Gasteiger partial charge in [-0.2, -0.15) is 0 Å². The summed E-state index contributed by atoms with van der Waals surface area (Å²) in [6, 6.07) is 0. The van der Waals surface area contributed by atoms with Crippen molar-refractivity contribution < 1.29 is 9.47 Å². The molecular formula is C8H16O2. The van der Waals surface area contributed by atoms with Gasteiger partial charge >= 0.3 is 0 Å². The molecule has 10 heavy (non-hydrogen) atoms. The monoisotopic (exact) mass is 144 g/mol. The summed E-state index contributed by atoms with van der Waals surface area (Å²) >= 11 is 0. The molecule has 0 N–H and O–H groups in total. The Hall–Kier alpha value is -0.0800. The lowest BCUT2D eigenvalue weighted by Crippen LogP contribution is -2.33. The highest BCUT2D eigenvalue weighted by atomic mass is 16.5. The Labute approximate surface area is 62.5 Å². The minimum atomic E-state index is 0.369. The van der Waals surface area contributed by atoms with Crippen LogP contribution in [0.3, 0.4) is 0 Å². The zero-order valence-corrected chi connectivity index (χ0v) is 6.96. The summed E-state index contributed by atoms with van der Waals surface area (Å²) in [5.74, 6) is 0. The number of ether oxygens (including phenoxy) is 2. The van der Waals surface area contributed by atoms with E-state index in [1.807, 2.05) is 0 Å². The molecule has 1 heterocycles. The van der Waals surface area contributed by atoms with Gasteiger partial charge in [0, 0.05) is 7.11 Å². The lowest BCUT2D eigenvalue weighted by atomic mass is 10.0. The van der Waals surface area contributed by atoms with Crippen molar-refractivity contribution in [3.8, 4) is 0 Å². The highest BCUT2D eigenvalue weighted by Crippen LogP contribution is 2.20. The summed E-state index contributed by atoms with van der Waals surface area (Å²) in [6.07, 6.45) is 3.24. The van der Waals surface area contributed by atoms with Crippen LogP contribution >= 0.6 is 0 Å². The van der Waals surface area contributed by atoms with E-state index < -0.39 is 0 Å². The first-order chi connectivity index (χ1) is 4.72. The molecule has 0 aromatic carbocycles. The van der Waals surface area contributed by atoms with Gasteiger partial charge in [0.2, 0.25) is 0 Å². The van der Waals surface area contributed by atoms with Gasteiger partial charge in [-0.05, 0) is 26.7 Å². The molecule has 0 radical (unpaired) electrons. The quantitative estimate of drug-likeness (QED) is 0.556. The van der Waals surface area contributed by atoms with Gasteiger partial charge in [-0.3, -0.25) is 0 Å². The molecule has 1 saturated heterocycles. The molecule has 2 heteroatoms. The number of hydrogen-bond donors (Lipinski definition) is 0. The van der Waals surface area contributed by atoms with Crippen molar-refractivity contribution in [1.29, 1.82) is 0 Å². The van der Waals surface area contributed by atoms with Crippen LogP contribution in [0.25, 0.3) is 0 Å². The van der Waals surface area contributed by atoms with Gasteiger partial charge in [-0.1, -0.05) is 0 Å². The standard InChI is InChI=1S/C8H16O2/c1-6-4-8(9-3)5-7(2)10-6/h6-8H,4-5H2,1-3H3/t6-,7+,8?. The molecule has 3 atom stereocenters. The van der Waals surface area contributed by atoms with Gasteiger partial charge in [0.05, 0.1) is 18.3 Å². The summed E-state index contributed by atoms with van der Waals surface area (Å²) in [4.78, 5) is 0. The predicted molar refractivity (Wildman–Crippen MR) is 40.0 cm³/mol. The smallest absolute Gasteiger partial charge is 0.0620 e. The molecule has 1 rings (SSSR count). The maximum atomic E-state index is 5.54. The first kappa shape index (κ1) is 8.02. The van der Waals surface area contributed by atoms with E-state index in [9.17, 15) is 0 Å². The minimum Gasteiger partial charge on any atom is -0.381 e. The molecule has 0 amide bonds. The lowest BCUT2D eigenvalue weighted by molar-refractivity contribution is -0.0907. The van der Waals surface area contributed by atoms with E-state index in [2.05, 4.69) is 13.8 Å². The summed E-state index contributed by atoms with van der Waals surface area (Å²) in [6.45, 7) is 4.20. The lowest BCUT2D eigenvalue weighted by Gasteiger charge is -2.30. The Kier molecular flexibility index (Phi) is 2.69. The Morgan fingerprint density at radius 1 is 1.20 bits per heavy atom. The van der Waals surface area contributed by atoms with Crippen LogP contribution in [0.2, 0.25) is 0 Å². The maximum Gasteiger partial charge on any atom is 0.0620 e. The van der Waals surface area contributed by atoms with Crippen molar-refractivity contribution in [2.24, 2.45) is 0 Å². The van der Waals surface area contributed by atoms with Crippen LogP contribution in [0, 0.1) is 0 Å². The fourth-order valence-electron chi connectivity index (χ4n) is 1.54. The minimum absolute atomic E-state index is 0.369. The van der Waals surface area contributed by atoms with Crippen molar-refractivity contribution >= 4 is 0 Å². The molecule has 2 nitrogen and oxygen atoms in total. The third-order valence-electron chi connectivity index (χ3n) is 1.99. The van der Waals surface area contributed by atoms with Crippen molar-refractivity contribution in [2.45, 2.75) is 45.0 Å². The Bertz CT molecular complexity index is 93.4. The zero-order valence-electron chi connectivity index (χ0n) is 6.96. The van der Waals surface area contributed by atoms with Gasteiger partial charge in [0.1, 0.15) is 0 Å². The SMILES string of the molecule is COC1C[C@@H](C)O[C@@H](C)C1. The van der Waals surface area contributed by atoms with Crippen molar-refractivity contribution in [2.75, 3.05) is 7.11 Å². The summed E-state index contributed by atoms with van der Waals surface area (Å²) in [5.41, 5.74) is 0. The normalized spacial score (nSPS) is 41.7. The Balaban J connectivity index is 2.35. The van der Waals surface area contributed by atoms with Crippen LogP contribution < -0.4 is 0 Å². The highest BCUT2D eigenvalue weighted by molar-refractivity contribution is 4.72. The molecule has 1 fully saturated rings. The third kappa shape index (κ3) is 1.96. The van der Waals surface area contributed by atoms with Gasteiger partial charge in [0.15, 0.2) is 0 Å². The van der Waals surface area contributed by atoms with E-state index >= 15 is 0 Å². The molecule has 60 valence electrons. The van der Waals surface area contributed by atoms with E-state index in [0.29, 0.717) is 18.3 Å². The van der Waals surface area contributed by atoms with E-state index in [1.54, 1.807) is 7.11 Å². The number of hydrogen-bond acceptors (Lipinski definition) is 2. The zero-order chi connectivity index (χ0) is 7.56. The van der Waals surface area contributed by atoms with E-state index in [4.69, 9.17) is 9.47 Å². The van der Waals surface area contributed by atoms with Crippen LogP contribution in [-0.4, -0.2) is 25.4 Å². The second-order valence-electron chi connectivity index (χ2n) is 3.09. The van der Waals surface area contributed by atoms with E-state index in [0.717, 1.165) is 12.8 Å². The van der Waals surface area contributed by atoms with Crippen LogP contribution in [0.15, 0.2) is 0 Å². The van der Waals surface area contributed by atoms with Crippen molar-refractivity contribution in [3.05, 3.63) is 0 Å². The molecule has 0 aromatic rings. The molecule has 0 aliphatic carbocycles. The van der Waals surface area contributed by atoms with Gasteiger partial charge in [-0.15, -0.1) is 0 Å². The van der Waals surface area contributed by atoms with Crippen molar-refractivity contribution in [1.82, 2.24) is 0 Å². The second-order valence-corrected chi connectivity index (χ2v) is 3.09. The molecular weight excluding hydrogens is 128 g/mol. The summed E-state index contributed by atoms with van der Waals surface area (Å²) in [7, 11) is 1.77. The number of methoxy groups -OCH3 is 1. The highest BCUT2D eigenvalue weighted by Gasteiger charge is 2.23. The average Bonchev–Trinajstić information content (AvgIpc) is 1.85. The molecule has 0 aromatic heterocycles. The molecule has 0 spiro atoms. The summed E-state index contributed by atoms with van der Waals surface area (Å²) < 4.78 is 10.8. The Morgan fingerprint density at radius 3 is 2.10 bits per heavy atom. The first-order valence-electron chi connectivity index (χ1n) is 3.90. The van der Waals surface area contributed by atoms with E-state index in [1.165, 1.54) is 0 Å². The van der Waals surface area contributed by atoms with Crippen LogP contribution in [0.4, 0.5) is 0 Å². The van der Waals surface area contributed by atoms with Crippen molar-refractivity contribution in [3.63, 3.8) is 0 Å². The van der Waals surface area contributed by atoms with E-state index in [-0.39, 0.29) is 0 Å². The fraction of sp³-hybridized carbons (Fsp3) is 1.00. The molecule has 0 saturated carbocycles. The average molecular weight is 144 g/mol.